The summed E-state index contributed by atoms with van der Waals surface area (Å²) in [6, 6.07) is 0.721. The summed E-state index contributed by atoms with van der Waals surface area (Å²) < 4.78 is 0. The largest absolute Gasteiger partial charge is 0.297 e. The first-order valence-electron chi connectivity index (χ1n) is 6.37. The van der Waals surface area contributed by atoms with E-state index in [1.54, 1.807) is 0 Å². The lowest BCUT2D eigenvalue weighted by molar-refractivity contribution is -0.0374. The normalized spacial score (nSPS) is 34.0. The van der Waals surface area contributed by atoms with Crippen LogP contribution in [0.5, 0.6) is 0 Å². The highest BCUT2D eigenvalue weighted by atomic mass is 15.4. The van der Waals surface area contributed by atoms with Crippen LogP contribution in [0.4, 0.5) is 0 Å². The third kappa shape index (κ3) is 1.83. The highest BCUT2D eigenvalue weighted by Gasteiger charge is 2.51. The molecule has 1 spiro atoms. The average Bonchev–Trinajstić information content (AvgIpc) is 2.45. The predicted molar refractivity (Wildman–Crippen MR) is 65.1 cm³/mol. The van der Waals surface area contributed by atoms with Gasteiger partial charge in [-0.3, -0.25) is 9.80 Å². The molecule has 15 heavy (non-hydrogen) atoms. The molecule has 88 valence electrons. The molecular formula is C13H26N2. The van der Waals surface area contributed by atoms with Crippen molar-refractivity contribution < 1.29 is 0 Å². The molecule has 2 aliphatic heterocycles. The van der Waals surface area contributed by atoms with E-state index >= 15 is 0 Å². The van der Waals surface area contributed by atoms with E-state index in [0.717, 1.165) is 6.04 Å². The Morgan fingerprint density at radius 1 is 1.07 bits per heavy atom. The van der Waals surface area contributed by atoms with Gasteiger partial charge in [0.25, 0.3) is 0 Å². The zero-order valence-electron chi connectivity index (χ0n) is 11.0. The van der Waals surface area contributed by atoms with Crippen LogP contribution < -0.4 is 0 Å². The van der Waals surface area contributed by atoms with Crippen molar-refractivity contribution in [2.45, 2.75) is 64.6 Å². The van der Waals surface area contributed by atoms with Gasteiger partial charge in [0, 0.05) is 36.8 Å². The molecule has 2 fully saturated rings. The van der Waals surface area contributed by atoms with Crippen molar-refractivity contribution in [3.8, 4) is 0 Å². The Balaban J connectivity index is 2.03. The molecule has 0 unspecified atom stereocenters. The molecule has 0 N–H and O–H groups in total. The van der Waals surface area contributed by atoms with Crippen LogP contribution >= 0.6 is 0 Å². The summed E-state index contributed by atoms with van der Waals surface area (Å²) in [5.41, 5.74) is 0.892. The Bertz CT molecular complexity index is 241. The molecule has 0 radical (unpaired) electrons. The summed E-state index contributed by atoms with van der Waals surface area (Å²) in [6.07, 6.45) is 2.79. The molecule has 0 aromatic carbocycles. The minimum Gasteiger partial charge on any atom is -0.297 e. The van der Waals surface area contributed by atoms with Gasteiger partial charge in [0.1, 0.15) is 0 Å². The van der Waals surface area contributed by atoms with Gasteiger partial charge in [-0.2, -0.15) is 0 Å². The van der Waals surface area contributed by atoms with E-state index in [2.05, 4.69) is 44.4 Å². The third-order valence-electron chi connectivity index (χ3n) is 4.33. The highest BCUT2D eigenvalue weighted by Crippen LogP contribution is 2.42. The summed E-state index contributed by atoms with van der Waals surface area (Å²) in [5.74, 6) is 0. The molecule has 2 saturated heterocycles. The van der Waals surface area contributed by atoms with Gasteiger partial charge in [-0.25, -0.2) is 0 Å². The van der Waals surface area contributed by atoms with Crippen molar-refractivity contribution >= 4 is 0 Å². The standard InChI is InChI=1S/C13H26N2/c1-11(2)15-9-7-13(15)6-8-14(10-13)12(3,4)5/h11H,6-10H2,1-5H3/t13-/m1/s1. The van der Waals surface area contributed by atoms with Crippen molar-refractivity contribution in [2.24, 2.45) is 0 Å². The number of hydrogen-bond donors (Lipinski definition) is 0. The molecule has 0 bridgehead atoms. The Morgan fingerprint density at radius 3 is 2.00 bits per heavy atom. The predicted octanol–water partition coefficient (Wildman–Crippen LogP) is 2.34. The second-order valence-electron chi connectivity index (χ2n) is 6.60. The summed E-state index contributed by atoms with van der Waals surface area (Å²) in [7, 11) is 0. The zero-order chi connectivity index (χ0) is 11.3. The lowest BCUT2D eigenvalue weighted by atomic mass is 9.82. The zero-order valence-corrected chi connectivity index (χ0v) is 11.0. The molecule has 0 amide bonds. The molecule has 2 heterocycles. The first-order valence-corrected chi connectivity index (χ1v) is 6.37. The van der Waals surface area contributed by atoms with E-state index in [0.29, 0.717) is 11.1 Å². The van der Waals surface area contributed by atoms with Crippen molar-refractivity contribution in [1.82, 2.24) is 9.80 Å². The second kappa shape index (κ2) is 3.46. The molecule has 0 saturated carbocycles. The van der Waals surface area contributed by atoms with E-state index in [-0.39, 0.29) is 0 Å². The summed E-state index contributed by atoms with van der Waals surface area (Å²) in [4.78, 5) is 5.36. The number of likely N-dealkylation sites (tertiary alicyclic amines) is 2. The molecule has 2 rings (SSSR count). The smallest absolute Gasteiger partial charge is 0.0363 e. The molecule has 0 aliphatic carbocycles. The van der Waals surface area contributed by atoms with E-state index in [1.807, 2.05) is 0 Å². The summed E-state index contributed by atoms with van der Waals surface area (Å²) in [6.45, 7) is 15.6. The van der Waals surface area contributed by atoms with Crippen LogP contribution in [-0.2, 0) is 0 Å². The average molecular weight is 210 g/mol. The monoisotopic (exact) mass is 210 g/mol. The Hall–Kier alpha value is -0.0800. The van der Waals surface area contributed by atoms with E-state index in [4.69, 9.17) is 0 Å². The minimum atomic E-state index is 0.349. The highest BCUT2D eigenvalue weighted by molar-refractivity contribution is 5.08. The van der Waals surface area contributed by atoms with Crippen LogP contribution in [0.3, 0.4) is 0 Å². The van der Waals surface area contributed by atoms with Crippen molar-refractivity contribution in [1.29, 1.82) is 0 Å². The van der Waals surface area contributed by atoms with Crippen molar-refractivity contribution in [2.75, 3.05) is 19.6 Å². The fraction of sp³-hybridized carbons (Fsp3) is 1.00. The fourth-order valence-corrected chi connectivity index (χ4v) is 3.23. The van der Waals surface area contributed by atoms with Crippen LogP contribution in [0.1, 0.15) is 47.5 Å². The Morgan fingerprint density at radius 2 is 1.67 bits per heavy atom. The maximum absolute atomic E-state index is 2.71. The molecule has 2 heteroatoms. The Kier molecular flexibility index (Phi) is 2.63. The molecule has 0 aromatic heterocycles. The quantitative estimate of drug-likeness (QED) is 0.655. The first kappa shape index (κ1) is 11.4. The summed E-state index contributed by atoms with van der Waals surface area (Å²) in [5, 5.41) is 0. The first-order chi connectivity index (χ1) is 6.85. The van der Waals surface area contributed by atoms with E-state index < -0.39 is 0 Å². The van der Waals surface area contributed by atoms with Crippen molar-refractivity contribution in [3.05, 3.63) is 0 Å². The van der Waals surface area contributed by atoms with Crippen LogP contribution in [0.15, 0.2) is 0 Å². The number of rotatable bonds is 1. The molecular weight excluding hydrogens is 184 g/mol. The second-order valence-corrected chi connectivity index (χ2v) is 6.60. The van der Waals surface area contributed by atoms with Gasteiger partial charge in [0.15, 0.2) is 0 Å². The van der Waals surface area contributed by atoms with Crippen LogP contribution in [0.2, 0.25) is 0 Å². The van der Waals surface area contributed by atoms with Crippen molar-refractivity contribution in [3.63, 3.8) is 0 Å². The fourth-order valence-electron chi connectivity index (χ4n) is 3.23. The van der Waals surface area contributed by atoms with Gasteiger partial charge in [0.2, 0.25) is 0 Å². The molecule has 2 aliphatic rings. The van der Waals surface area contributed by atoms with Crippen LogP contribution in [0.25, 0.3) is 0 Å². The number of nitrogens with zero attached hydrogens (tertiary/aromatic N) is 2. The minimum absolute atomic E-state index is 0.349. The van der Waals surface area contributed by atoms with Gasteiger partial charge in [-0.15, -0.1) is 0 Å². The van der Waals surface area contributed by atoms with E-state index in [9.17, 15) is 0 Å². The van der Waals surface area contributed by atoms with E-state index in [1.165, 1.54) is 32.5 Å². The van der Waals surface area contributed by atoms with Gasteiger partial charge >= 0.3 is 0 Å². The van der Waals surface area contributed by atoms with Gasteiger partial charge < -0.3 is 0 Å². The molecule has 0 aromatic rings. The summed E-state index contributed by atoms with van der Waals surface area (Å²) >= 11 is 0. The van der Waals surface area contributed by atoms with Crippen LogP contribution in [0, 0.1) is 0 Å². The van der Waals surface area contributed by atoms with Gasteiger partial charge in [0.05, 0.1) is 0 Å². The maximum atomic E-state index is 2.71. The maximum Gasteiger partial charge on any atom is 0.0363 e. The SMILES string of the molecule is CC(C)N1CC[C@@]12CCN(C(C)(C)C)C2. The number of hydrogen-bond acceptors (Lipinski definition) is 2. The lowest BCUT2D eigenvalue weighted by Gasteiger charge is -2.53. The van der Waals surface area contributed by atoms with Crippen LogP contribution in [-0.4, -0.2) is 46.6 Å². The lowest BCUT2D eigenvalue weighted by Crippen LogP contribution is -2.64. The van der Waals surface area contributed by atoms with Gasteiger partial charge in [-0.1, -0.05) is 0 Å². The molecule has 2 nitrogen and oxygen atoms in total. The topological polar surface area (TPSA) is 6.48 Å². The Labute approximate surface area is 94.6 Å². The molecule has 1 atom stereocenters. The van der Waals surface area contributed by atoms with Gasteiger partial charge in [-0.05, 0) is 47.5 Å². The third-order valence-corrected chi connectivity index (χ3v) is 4.33.